The van der Waals surface area contributed by atoms with Gasteiger partial charge in [-0.15, -0.1) is 0 Å². The van der Waals surface area contributed by atoms with Crippen molar-refractivity contribution < 1.29 is 14.6 Å². The van der Waals surface area contributed by atoms with Crippen LogP contribution in [0.2, 0.25) is 0 Å². The van der Waals surface area contributed by atoms with Crippen molar-refractivity contribution in [1.82, 2.24) is 0 Å². The Morgan fingerprint density at radius 3 is 2.38 bits per heavy atom. The minimum Gasteiger partial charge on any atom is -0.496 e. The van der Waals surface area contributed by atoms with Crippen molar-refractivity contribution >= 4 is 0 Å². The zero-order chi connectivity index (χ0) is 12.2. The van der Waals surface area contributed by atoms with Gasteiger partial charge in [-0.25, -0.2) is 0 Å². The van der Waals surface area contributed by atoms with E-state index in [9.17, 15) is 5.11 Å². The first-order chi connectivity index (χ1) is 7.56. The van der Waals surface area contributed by atoms with Gasteiger partial charge >= 0.3 is 0 Å². The van der Waals surface area contributed by atoms with Crippen molar-refractivity contribution in [1.29, 1.82) is 0 Å². The van der Waals surface area contributed by atoms with E-state index >= 15 is 0 Å². The van der Waals surface area contributed by atoms with E-state index in [-0.39, 0.29) is 12.0 Å². The number of aliphatic hydroxyl groups is 1. The molecular formula is C13H20O3. The Bertz CT molecular complexity index is 345. The average molecular weight is 224 g/mol. The van der Waals surface area contributed by atoms with Gasteiger partial charge in [-0.2, -0.15) is 0 Å². The summed E-state index contributed by atoms with van der Waals surface area (Å²) >= 11 is 0. The van der Waals surface area contributed by atoms with Gasteiger partial charge in [0.25, 0.3) is 0 Å². The minimum atomic E-state index is -0.378. The van der Waals surface area contributed by atoms with Crippen LogP contribution in [0.5, 0.6) is 11.5 Å². The number of hydrogen-bond donors (Lipinski definition) is 1. The Hall–Kier alpha value is -1.22. The van der Waals surface area contributed by atoms with Gasteiger partial charge in [0.2, 0.25) is 0 Å². The third-order valence-electron chi connectivity index (χ3n) is 2.58. The molecule has 1 rings (SSSR count). The van der Waals surface area contributed by atoms with Gasteiger partial charge in [0.15, 0.2) is 0 Å². The molecule has 0 heterocycles. The van der Waals surface area contributed by atoms with Crippen LogP contribution in [0, 0.1) is 0 Å². The third-order valence-corrected chi connectivity index (χ3v) is 2.58. The van der Waals surface area contributed by atoms with Gasteiger partial charge < -0.3 is 14.6 Å². The number of hydrogen-bond acceptors (Lipinski definition) is 3. The Labute approximate surface area is 97.0 Å². The molecule has 0 saturated heterocycles. The number of benzene rings is 1. The summed E-state index contributed by atoms with van der Waals surface area (Å²) in [5.74, 6) is 1.53. The Morgan fingerprint density at radius 1 is 1.25 bits per heavy atom. The molecule has 0 atom stereocenters. The lowest BCUT2D eigenvalue weighted by Crippen LogP contribution is -2.24. The molecule has 0 saturated carbocycles. The largest absolute Gasteiger partial charge is 0.496 e. The van der Waals surface area contributed by atoms with Crippen LogP contribution in [0.1, 0.15) is 26.3 Å². The van der Waals surface area contributed by atoms with Crippen LogP contribution in [-0.2, 0) is 5.41 Å². The van der Waals surface area contributed by atoms with Crippen molar-refractivity contribution in [3.8, 4) is 11.5 Å². The number of aliphatic hydroxyl groups excluding tert-OH is 1. The topological polar surface area (TPSA) is 38.7 Å². The highest BCUT2D eigenvalue weighted by molar-refractivity contribution is 5.49. The van der Waals surface area contributed by atoms with E-state index in [1.807, 2.05) is 39.0 Å². The fraction of sp³-hybridized carbons (Fsp3) is 0.538. The number of rotatable bonds is 5. The molecule has 0 aromatic heterocycles. The van der Waals surface area contributed by atoms with Crippen molar-refractivity contribution in [2.24, 2.45) is 0 Å². The molecular weight excluding hydrogens is 204 g/mol. The van der Waals surface area contributed by atoms with Crippen molar-refractivity contribution in [3.63, 3.8) is 0 Å². The van der Waals surface area contributed by atoms with Gasteiger partial charge in [0.05, 0.1) is 20.3 Å². The molecule has 0 fully saturated rings. The van der Waals surface area contributed by atoms with E-state index in [4.69, 9.17) is 9.47 Å². The van der Waals surface area contributed by atoms with Gasteiger partial charge in [0, 0.05) is 11.0 Å². The first kappa shape index (κ1) is 12.8. The fourth-order valence-corrected chi connectivity index (χ4v) is 1.70. The second-order valence-corrected chi connectivity index (χ2v) is 4.31. The van der Waals surface area contributed by atoms with E-state index in [2.05, 4.69) is 0 Å². The molecule has 0 aliphatic rings. The van der Waals surface area contributed by atoms with Crippen molar-refractivity contribution in [2.75, 3.05) is 20.3 Å². The zero-order valence-corrected chi connectivity index (χ0v) is 10.4. The molecule has 0 aliphatic carbocycles. The van der Waals surface area contributed by atoms with E-state index in [0.29, 0.717) is 6.61 Å². The summed E-state index contributed by atoms with van der Waals surface area (Å²) in [6.45, 7) is 6.52. The summed E-state index contributed by atoms with van der Waals surface area (Å²) in [6.07, 6.45) is 0. The van der Waals surface area contributed by atoms with E-state index in [1.165, 1.54) is 0 Å². The summed E-state index contributed by atoms with van der Waals surface area (Å²) < 4.78 is 10.9. The summed E-state index contributed by atoms with van der Waals surface area (Å²) in [7, 11) is 1.63. The molecule has 3 nitrogen and oxygen atoms in total. The van der Waals surface area contributed by atoms with Gasteiger partial charge in [-0.1, -0.05) is 19.9 Å². The average Bonchev–Trinajstić information content (AvgIpc) is 2.29. The molecule has 0 bridgehead atoms. The molecule has 1 N–H and O–H groups in total. The maximum absolute atomic E-state index is 9.45. The minimum absolute atomic E-state index is 0.0491. The SMILES string of the molecule is CCOc1cccc(OC)c1C(C)(C)CO. The Balaban J connectivity index is 3.29. The summed E-state index contributed by atoms with van der Waals surface area (Å²) in [5.41, 5.74) is 0.541. The lowest BCUT2D eigenvalue weighted by atomic mass is 9.84. The maximum atomic E-state index is 9.45. The third kappa shape index (κ3) is 2.47. The molecule has 0 amide bonds. The quantitative estimate of drug-likeness (QED) is 0.834. The van der Waals surface area contributed by atoms with Crippen LogP contribution < -0.4 is 9.47 Å². The first-order valence-corrected chi connectivity index (χ1v) is 5.48. The summed E-state index contributed by atoms with van der Waals surface area (Å²) in [5, 5.41) is 9.45. The first-order valence-electron chi connectivity index (χ1n) is 5.48. The summed E-state index contributed by atoms with van der Waals surface area (Å²) in [4.78, 5) is 0. The van der Waals surface area contributed by atoms with E-state index in [1.54, 1.807) is 7.11 Å². The standard InChI is InChI=1S/C13H20O3/c1-5-16-11-8-6-7-10(15-4)12(11)13(2,3)9-14/h6-8,14H,5,9H2,1-4H3. The predicted octanol–water partition coefficient (Wildman–Crippen LogP) is 2.36. The van der Waals surface area contributed by atoms with Crippen LogP contribution in [0.15, 0.2) is 18.2 Å². The number of ether oxygens (including phenoxy) is 2. The molecule has 0 aliphatic heterocycles. The smallest absolute Gasteiger partial charge is 0.126 e. The Kier molecular flexibility index (Phi) is 4.19. The number of methoxy groups -OCH3 is 1. The van der Waals surface area contributed by atoms with Crippen LogP contribution in [-0.4, -0.2) is 25.4 Å². The maximum Gasteiger partial charge on any atom is 0.126 e. The molecule has 1 aromatic carbocycles. The van der Waals surface area contributed by atoms with Crippen molar-refractivity contribution in [3.05, 3.63) is 23.8 Å². The Morgan fingerprint density at radius 2 is 1.88 bits per heavy atom. The molecule has 0 unspecified atom stereocenters. The highest BCUT2D eigenvalue weighted by Crippen LogP contribution is 2.38. The monoisotopic (exact) mass is 224 g/mol. The molecule has 1 aromatic rings. The normalized spacial score (nSPS) is 11.3. The molecule has 90 valence electrons. The lowest BCUT2D eigenvalue weighted by molar-refractivity contribution is 0.208. The molecule has 16 heavy (non-hydrogen) atoms. The predicted molar refractivity (Wildman–Crippen MR) is 64.3 cm³/mol. The zero-order valence-electron chi connectivity index (χ0n) is 10.4. The molecule has 0 spiro atoms. The van der Waals surface area contributed by atoms with E-state index in [0.717, 1.165) is 17.1 Å². The van der Waals surface area contributed by atoms with Gasteiger partial charge in [0.1, 0.15) is 11.5 Å². The van der Waals surface area contributed by atoms with Crippen LogP contribution in [0.3, 0.4) is 0 Å². The van der Waals surface area contributed by atoms with Crippen molar-refractivity contribution in [2.45, 2.75) is 26.2 Å². The summed E-state index contributed by atoms with van der Waals surface area (Å²) in [6, 6.07) is 5.68. The van der Waals surface area contributed by atoms with E-state index < -0.39 is 0 Å². The molecule has 3 heteroatoms. The van der Waals surface area contributed by atoms with Crippen LogP contribution >= 0.6 is 0 Å². The van der Waals surface area contributed by atoms with Gasteiger partial charge in [-0.3, -0.25) is 0 Å². The lowest BCUT2D eigenvalue weighted by Gasteiger charge is -2.27. The van der Waals surface area contributed by atoms with Crippen LogP contribution in [0.25, 0.3) is 0 Å². The second-order valence-electron chi connectivity index (χ2n) is 4.31. The molecule has 0 radical (unpaired) electrons. The highest BCUT2D eigenvalue weighted by Gasteiger charge is 2.27. The second kappa shape index (κ2) is 5.21. The van der Waals surface area contributed by atoms with Crippen LogP contribution in [0.4, 0.5) is 0 Å². The fourth-order valence-electron chi connectivity index (χ4n) is 1.70. The highest BCUT2D eigenvalue weighted by atomic mass is 16.5. The van der Waals surface area contributed by atoms with Gasteiger partial charge in [-0.05, 0) is 19.1 Å².